The van der Waals surface area contributed by atoms with Gasteiger partial charge in [-0.25, -0.2) is 0 Å². The average Bonchev–Trinajstić information content (AvgIpc) is 2.16. The Morgan fingerprint density at radius 3 is 2.54 bits per heavy atom. The van der Waals surface area contributed by atoms with Crippen LogP contribution in [-0.2, 0) is 12.3 Å². The fraction of sp³-hybridized carbons (Fsp3) is 0.400. The second-order valence-corrected chi connectivity index (χ2v) is 4.40. The molecule has 0 nitrogen and oxygen atoms in total. The highest BCUT2D eigenvalue weighted by Gasteiger charge is 2.01. The Bertz CT molecular complexity index is 274. The minimum atomic E-state index is 0.567. The molecular weight excluding hydrogens is 271 g/mol. The SMILES string of the molecule is ClCCCc1ccc(Br)cc1CCl. The molecule has 1 rings (SSSR count). The molecule has 0 N–H and O–H groups in total. The third-order valence-corrected chi connectivity index (χ3v) is 2.94. The number of halogens is 3. The molecule has 0 atom stereocenters. The molecule has 0 saturated heterocycles. The minimum Gasteiger partial charge on any atom is -0.127 e. The molecule has 0 aliphatic carbocycles. The van der Waals surface area contributed by atoms with Gasteiger partial charge < -0.3 is 0 Å². The van der Waals surface area contributed by atoms with E-state index in [9.17, 15) is 0 Å². The highest BCUT2D eigenvalue weighted by Crippen LogP contribution is 2.19. The summed E-state index contributed by atoms with van der Waals surface area (Å²) in [4.78, 5) is 0. The summed E-state index contributed by atoms with van der Waals surface area (Å²) < 4.78 is 1.08. The van der Waals surface area contributed by atoms with E-state index in [1.54, 1.807) is 0 Å². The van der Waals surface area contributed by atoms with E-state index in [0.29, 0.717) is 11.8 Å². The smallest absolute Gasteiger partial charge is 0.0477 e. The van der Waals surface area contributed by atoms with Gasteiger partial charge in [0.05, 0.1) is 0 Å². The van der Waals surface area contributed by atoms with Gasteiger partial charge in [-0.2, -0.15) is 0 Å². The van der Waals surface area contributed by atoms with Crippen LogP contribution in [0.4, 0.5) is 0 Å². The standard InChI is InChI=1S/C10H11BrCl2/c11-10-4-3-8(2-1-5-12)9(6-10)7-13/h3-4,6H,1-2,5,7H2. The lowest BCUT2D eigenvalue weighted by atomic mass is 10.0. The summed E-state index contributed by atoms with van der Waals surface area (Å²) >= 11 is 14.9. The fourth-order valence-corrected chi connectivity index (χ4v) is 2.01. The van der Waals surface area contributed by atoms with Gasteiger partial charge in [0.25, 0.3) is 0 Å². The molecule has 0 aliphatic rings. The normalized spacial score (nSPS) is 10.4. The van der Waals surface area contributed by atoms with Crippen molar-refractivity contribution in [3.8, 4) is 0 Å². The van der Waals surface area contributed by atoms with Crippen molar-refractivity contribution in [2.45, 2.75) is 18.7 Å². The van der Waals surface area contributed by atoms with E-state index in [1.807, 2.05) is 6.07 Å². The summed E-state index contributed by atoms with van der Waals surface area (Å²) in [7, 11) is 0. The predicted molar refractivity (Wildman–Crippen MR) is 62.7 cm³/mol. The van der Waals surface area contributed by atoms with Gasteiger partial charge in [-0.1, -0.05) is 22.0 Å². The zero-order valence-electron chi connectivity index (χ0n) is 7.19. The van der Waals surface area contributed by atoms with Crippen LogP contribution < -0.4 is 0 Å². The number of rotatable bonds is 4. The van der Waals surface area contributed by atoms with Crippen molar-refractivity contribution in [3.63, 3.8) is 0 Å². The van der Waals surface area contributed by atoms with Crippen LogP contribution in [0.15, 0.2) is 22.7 Å². The Kier molecular flexibility index (Phi) is 5.15. The van der Waals surface area contributed by atoms with Gasteiger partial charge in [0.15, 0.2) is 0 Å². The Morgan fingerprint density at radius 1 is 1.15 bits per heavy atom. The van der Waals surface area contributed by atoms with Gasteiger partial charge in [-0.15, -0.1) is 23.2 Å². The lowest BCUT2D eigenvalue weighted by Crippen LogP contribution is -1.92. The van der Waals surface area contributed by atoms with Crippen molar-refractivity contribution in [3.05, 3.63) is 33.8 Å². The van der Waals surface area contributed by atoms with Crippen LogP contribution in [0.1, 0.15) is 17.5 Å². The van der Waals surface area contributed by atoms with E-state index in [-0.39, 0.29) is 0 Å². The number of hydrogen-bond donors (Lipinski definition) is 0. The molecule has 0 radical (unpaired) electrons. The fourth-order valence-electron chi connectivity index (χ4n) is 1.22. The van der Waals surface area contributed by atoms with Crippen molar-refractivity contribution >= 4 is 39.1 Å². The first-order chi connectivity index (χ1) is 6.27. The molecule has 0 fully saturated rings. The monoisotopic (exact) mass is 280 g/mol. The summed E-state index contributed by atoms with van der Waals surface area (Å²) in [5, 5.41) is 0. The lowest BCUT2D eigenvalue weighted by molar-refractivity contribution is 0.916. The molecule has 1 aromatic rings. The number of aryl methyl sites for hydroxylation is 1. The van der Waals surface area contributed by atoms with E-state index < -0.39 is 0 Å². The van der Waals surface area contributed by atoms with E-state index in [1.165, 1.54) is 11.1 Å². The molecule has 0 saturated carbocycles. The van der Waals surface area contributed by atoms with Crippen LogP contribution in [0.2, 0.25) is 0 Å². The Labute approximate surface area is 97.4 Å². The minimum absolute atomic E-state index is 0.567. The van der Waals surface area contributed by atoms with Crippen molar-refractivity contribution in [2.75, 3.05) is 5.88 Å². The van der Waals surface area contributed by atoms with Crippen molar-refractivity contribution in [1.29, 1.82) is 0 Å². The molecule has 3 heteroatoms. The Morgan fingerprint density at radius 2 is 1.92 bits per heavy atom. The molecule has 0 heterocycles. The van der Waals surface area contributed by atoms with Gasteiger partial charge in [0, 0.05) is 16.2 Å². The first kappa shape index (κ1) is 11.4. The quantitative estimate of drug-likeness (QED) is 0.720. The second-order valence-electron chi connectivity index (χ2n) is 2.84. The average molecular weight is 282 g/mol. The summed E-state index contributed by atoms with van der Waals surface area (Å²) in [6.45, 7) is 0. The van der Waals surface area contributed by atoms with Crippen LogP contribution in [0.3, 0.4) is 0 Å². The molecule has 13 heavy (non-hydrogen) atoms. The maximum atomic E-state index is 5.83. The molecule has 1 aromatic carbocycles. The molecule has 0 aliphatic heterocycles. The first-order valence-electron chi connectivity index (χ1n) is 4.17. The third kappa shape index (κ3) is 3.49. The van der Waals surface area contributed by atoms with Crippen molar-refractivity contribution < 1.29 is 0 Å². The highest BCUT2D eigenvalue weighted by molar-refractivity contribution is 9.10. The molecule has 0 amide bonds. The number of benzene rings is 1. The van der Waals surface area contributed by atoms with E-state index in [2.05, 4.69) is 28.1 Å². The van der Waals surface area contributed by atoms with Crippen molar-refractivity contribution in [1.82, 2.24) is 0 Å². The third-order valence-electron chi connectivity index (χ3n) is 1.89. The molecule has 0 unspecified atom stereocenters. The zero-order chi connectivity index (χ0) is 9.68. The van der Waals surface area contributed by atoms with Gasteiger partial charge in [-0.3, -0.25) is 0 Å². The van der Waals surface area contributed by atoms with Gasteiger partial charge in [0.2, 0.25) is 0 Å². The molecule has 0 spiro atoms. The van der Waals surface area contributed by atoms with Crippen LogP contribution in [0, 0.1) is 0 Å². The summed E-state index contributed by atoms with van der Waals surface area (Å²) in [5.74, 6) is 1.27. The van der Waals surface area contributed by atoms with E-state index in [4.69, 9.17) is 23.2 Å². The predicted octanol–water partition coefficient (Wildman–Crippen LogP) is 4.36. The topological polar surface area (TPSA) is 0 Å². The number of alkyl halides is 2. The maximum Gasteiger partial charge on any atom is 0.0477 e. The van der Waals surface area contributed by atoms with Crippen LogP contribution >= 0.6 is 39.1 Å². The summed E-state index contributed by atoms with van der Waals surface area (Å²) in [5.41, 5.74) is 2.50. The van der Waals surface area contributed by atoms with Crippen LogP contribution in [-0.4, -0.2) is 5.88 Å². The zero-order valence-corrected chi connectivity index (χ0v) is 10.3. The van der Waals surface area contributed by atoms with Crippen LogP contribution in [0.25, 0.3) is 0 Å². The Hall–Kier alpha value is 0.280. The summed E-state index contributed by atoms with van der Waals surface area (Å²) in [6, 6.07) is 6.21. The molecule has 0 aromatic heterocycles. The van der Waals surface area contributed by atoms with Crippen molar-refractivity contribution in [2.24, 2.45) is 0 Å². The van der Waals surface area contributed by atoms with E-state index >= 15 is 0 Å². The highest BCUT2D eigenvalue weighted by atomic mass is 79.9. The van der Waals surface area contributed by atoms with E-state index in [0.717, 1.165) is 17.3 Å². The van der Waals surface area contributed by atoms with Gasteiger partial charge >= 0.3 is 0 Å². The van der Waals surface area contributed by atoms with Gasteiger partial charge in [0.1, 0.15) is 0 Å². The molecular formula is C10H11BrCl2. The molecule has 0 bridgehead atoms. The largest absolute Gasteiger partial charge is 0.127 e. The summed E-state index contributed by atoms with van der Waals surface area (Å²) in [6.07, 6.45) is 2.02. The number of hydrogen-bond acceptors (Lipinski definition) is 0. The second kappa shape index (κ2) is 5.90. The van der Waals surface area contributed by atoms with Gasteiger partial charge in [-0.05, 0) is 36.1 Å². The first-order valence-corrected chi connectivity index (χ1v) is 6.03. The molecule has 72 valence electrons. The Balaban J connectivity index is 2.79. The lowest BCUT2D eigenvalue weighted by Gasteiger charge is -2.06. The maximum absolute atomic E-state index is 5.83. The van der Waals surface area contributed by atoms with Crippen LogP contribution in [0.5, 0.6) is 0 Å².